The molecule has 1 rings (SSSR count). The molecule has 10 heteroatoms. The number of amides is 3. The lowest BCUT2D eigenvalue weighted by Gasteiger charge is -2.26. The molecule has 27 heavy (non-hydrogen) atoms. The van der Waals surface area contributed by atoms with Crippen LogP contribution in [0.5, 0.6) is 0 Å². The van der Waals surface area contributed by atoms with Crippen molar-refractivity contribution in [2.24, 2.45) is 5.92 Å². The van der Waals surface area contributed by atoms with Gasteiger partial charge in [-0.1, -0.05) is 20.3 Å². The maximum absolute atomic E-state index is 12.4. The van der Waals surface area contributed by atoms with Crippen molar-refractivity contribution in [3.63, 3.8) is 0 Å². The van der Waals surface area contributed by atoms with Gasteiger partial charge in [0.25, 0.3) is 0 Å². The molecule has 0 bridgehead atoms. The monoisotopic (exact) mass is 386 g/mol. The number of carbonyl (C=O) groups is 4. The number of hydrogen-bond acceptors (Lipinski definition) is 6. The van der Waals surface area contributed by atoms with Crippen LogP contribution in [0.2, 0.25) is 0 Å². The molecular weight excluding hydrogens is 356 g/mol. The highest BCUT2D eigenvalue weighted by Gasteiger charge is 2.31. The minimum absolute atomic E-state index is 0.272. The highest BCUT2D eigenvalue weighted by molar-refractivity contribution is 5.94. The SMILES string of the molecule is CCC(C)C(NC(=O)C(C)NC(=O)C1CCCN1)C(=O)NC(CO)C(=O)O. The van der Waals surface area contributed by atoms with Gasteiger partial charge in [-0.25, -0.2) is 4.79 Å². The van der Waals surface area contributed by atoms with E-state index in [1.165, 1.54) is 6.92 Å². The van der Waals surface area contributed by atoms with E-state index in [1.807, 2.05) is 6.92 Å². The van der Waals surface area contributed by atoms with Crippen molar-refractivity contribution < 1.29 is 29.4 Å². The molecular formula is C17H30N4O6. The number of carboxylic acid groups (broad SMARTS) is 1. The second-order valence-electron chi connectivity index (χ2n) is 6.83. The zero-order valence-electron chi connectivity index (χ0n) is 15.9. The number of hydrogen-bond donors (Lipinski definition) is 6. The molecule has 1 aliphatic heterocycles. The minimum atomic E-state index is -1.45. The first-order valence-electron chi connectivity index (χ1n) is 9.19. The molecule has 0 aliphatic carbocycles. The lowest BCUT2D eigenvalue weighted by atomic mass is 9.97. The summed E-state index contributed by atoms with van der Waals surface area (Å²) in [7, 11) is 0. The van der Waals surface area contributed by atoms with Crippen LogP contribution in [0.15, 0.2) is 0 Å². The van der Waals surface area contributed by atoms with E-state index in [0.717, 1.165) is 13.0 Å². The van der Waals surface area contributed by atoms with Gasteiger partial charge >= 0.3 is 5.97 Å². The molecule has 1 heterocycles. The zero-order valence-corrected chi connectivity index (χ0v) is 15.9. The number of carbonyl (C=O) groups excluding carboxylic acids is 3. The molecule has 154 valence electrons. The van der Waals surface area contributed by atoms with Gasteiger partial charge in [-0.2, -0.15) is 0 Å². The second-order valence-corrected chi connectivity index (χ2v) is 6.83. The van der Waals surface area contributed by atoms with E-state index < -0.39 is 42.5 Å². The fourth-order valence-corrected chi connectivity index (χ4v) is 2.72. The Morgan fingerprint density at radius 3 is 2.26 bits per heavy atom. The number of aliphatic hydroxyl groups is 1. The van der Waals surface area contributed by atoms with E-state index in [1.54, 1.807) is 6.92 Å². The summed E-state index contributed by atoms with van der Waals surface area (Å²) in [4.78, 5) is 47.9. The Kier molecular flexibility index (Phi) is 9.16. The Hall–Kier alpha value is -2.20. The fourth-order valence-electron chi connectivity index (χ4n) is 2.72. The van der Waals surface area contributed by atoms with Crippen molar-refractivity contribution in [2.75, 3.05) is 13.2 Å². The number of nitrogens with one attached hydrogen (secondary N) is 4. The van der Waals surface area contributed by atoms with Crippen LogP contribution < -0.4 is 21.3 Å². The summed E-state index contributed by atoms with van der Waals surface area (Å²) in [5.74, 6) is -3.16. The summed E-state index contributed by atoms with van der Waals surface area (Å²) >= 11 is 0. The zero-order chi connectivity index (χ0) is 20.6. The van der Waals surface area contributed by atoms with E-state index in [9.17, 15) is 19.2 Å². The molecule has 1 fully saturated rings. The summed E-state index contributed by atoms with van der Waals surface area (Å²) in [6.07, 6.45) is 2.16. The number of aliphatic carboxylic acids is 1. The van der Waals surface area contributed by atoms with Crippen LogP contribution in [0, 0.1) is 5.92 Å². The van der Waals surface area contributed by atoms with Crippen molar-refractivity contribution in [1.29, 1.82) is 0 Å². The molecule has 0 aromatic carbocycles. The first-order valence-corrected chi connectivity index (χ1v) is 9.19. The maximum Gasteiger partial charge on any atom is 0.328 e. The highest BCUT2D eigenvalue weighted by atomic mass is 16.4. The quantitative estimate of drug-likeness (QED) is 0.262. The lowest BCUT2D eigenvalue weighted by Crippen LogP contribution is -2.58. The first-order chi connectivity index (χ1) is 12.7. The molecule has 6 N–H and O–H groups in total. The van der Waals surface area contributed by atoms with Crippen LogP contribution in [0.25, 0.3) is 0 Å². The van der Waals surface area contributed by atoms with Crippen LogP contribution in [0.4, 0.5) is 0 Å². The van der Waals surface area contributed by atoms with Gasteiger partial charge in [0.05, 0.1) is 12.6 Å². The van der Waals surface area contributed by atoms with Crippen molar-refractivity contribution in [3.05, 3.63) is 0 Å². The Balaban J connectivity index is 2.70. The topological polar surface area (TPSA) is 157 Å². The number of aliphatic hydroxyl groups excluding tert-OH is 1. The molecule has 3 amide bonds. The average Bonchev–Trinajstić information content (AvgIpc) is 3.17. The van der Waals surface area contributed by atoms with Crippen LogP contribution in [0.1, 0.15) is 40.0 Å². The predicted molar refractivity (Wildman–Crippen MR) is 96.7 cm³/mol. The Morgan fingerprint density at radius 1 is 1.11 bits per heavy atom. The van der Waals surface area contributed by atoms with Gasteiger partial charge in [0.2, 0.25) is 17.7 Å². The number of carboxylic acids is 1. The van der Waals surface area contributed by atoms with Crippen molar-refractivity contribution >= 4 is 23.7 Å². The molecule has 1 aliphatic rings. The Bertz CT molecular complexity index is 550. The van der Waals surface area contributed by atoms with Crippen molar-refractivity contribution in [2.45, 2.75) is 64.2 Å². The molecule has 0 aromatic heterocycles. The van der Waals surface area contributed by atoms with Gasteiger partial charge < -0.3 is 31.5 Å². The van der Waals surface area contributed by atoms with Crippen LogP contribution >= 0.6 is 0 Å². The van der Waals surface area contributed by atoms with Crippen molar-refractivity contribution in [3.8, 4) is 0 Å². The second kappa shape index (κ2) is 10.8. The molecule has 5 atom stereocenters. The van der Waals surface area contributed by atoms with Gasteiger partial charge in [-0.3, -0.25) is 14.4 Å². The largest absolute Gasteiger partial charge is 0.480 e. The van der Waals surface area contributed by atoms with Gasteiger partial charge in [0, 0.05) is 0 Å². The summed E-state index contributed by atoms with van der Waals surface area (Å²) in [5.41, 5.74) is 0. The first kappa shape index (κ1) is 22.8. The predicted octanol–water partition coefficient (Wildman–Crippen LogP) is -1.66. The lowest BCUT2D eigenvalue weighted by molar-refractivity contribution is -0.143. The summed E-state index contributed by atoms with van der Waals surface area (Å²) < 4.78 is 0. The minimum Gasteiger partial charge on any atom is -0.480 e. The van der Waals surface area contributed by atoms with Crippen LogP contribution in [-0.2, 0) is 19.2 Å². The summed E-state index contributed by atoms with van der Waals surface area (Å²) in [5, 5.41) is 28.5. The summed E-state index contributed by atoms with van der Waals surface area (Å²) in [6.45, 7) is 5.08. The standard InChI is InChI=1S/C17H30N4O6/c1-4-9(2)13(16(25)20-12(8-22)17(26)27)21-14(23)10(3)19-15(24)11-6-5-7-18-11/h9-13,18,22H,4-8H2,1-3H3,(H,19,24)(H,20,25)(H,21,23)(H,26,27). The maximum atomic E-state index is 12.4. The third-order valence-electron chi connectivity index (χ3n) is 4.72. The summed E-state index contributed by atoms with van der Waals surface area (Å²) in [6, 6.07) is -3.62. The molecule has 1 saturated heterocycles. The molecule has 0 radical (unpaired) electrons. The Labute approximate surface area is 158 Å². The van der Waals surface area contributed by atoms with Crippen LogP contribution in [-0.4, -0.2) is 71.2 Å². The average molecular weight is 386 g/mol. The van der Waals surface area contributed by atoms with Gasteiger partial charge in [0.1, 0.15) is 18.1 Å². The normalized spacial score (nSPS) is 20.8. The van der Waals surface area contributed by atoms with Gasteiger partial charge in [-0.15, -0.1) is 0 Å². The molecule has 10 nitrogen and oxygen atoms in total. The molecule has 0 spiro atoms. The van der Waals surface area contributed by atoms with E-state index >= 15 is 0 Å². The van der Waals surface area contributed by atoms with Gasteiger partial charge in [-0.05, 0) is 32.2 Å². The number of rotatable bonds is 10. The Morgan fingerprint density at radius 2 is 1.78 bits per heavy atom. The molecule has 5 unspecified atom stereocenters. The third kappa shape index (κ3) is 6.79. The van der Waals surface area contributed by atoms with Crippen molar-refractivity contribution in [1.82, 2.24) is 21.3 Å². The van der Waals surface area contributed by atoms with Crippen LogP contribution in [0.3, 0.4) is 0 Å². The third-order valence-corrected chi connectivity index (χ3v) is 4.72. The van der Waals surface area contributed by atoms with Gasteiger partial charge in [0.15, 0.2) is 0 Å². The molecule has 0 saturated carbocycles. The van der Waals surface area contributed by atoms with E-state index in [0.29, 0.717) is 12.8 Å². The molecule has 0 aromatic rings. The van der Waals surface area contributed by atoms with E-state index in [4.69, 9.17) is 10.2 Å². The smallest absolute Gasteiger partial charge is 0.328 e. The van der Waals surface area contributed by atoms with E-state index in [2.05, 4.69) is 21.3 Å². The highest BCUT2D eigenvalue weighted by Crippen LogP contribution is 2.09. The van der Waals surface area contributed by atoms with E-state index in [-0.39, 0.29) is 17.9 Å². The fraction of sp³-hybridized carbons (Fsp3) is 0.765.